The molecule has 0 saturated heterocycles. The summed E-state index contributed by atoms with van der Waals surface area (Å²) in [6.45, 7) is 5.90. The van der Waals surface area contributed by atoms with Crippen molar-refractivity contribution in [3.63, 3.8) is 0 Å². The van der Waals surface area contributed by atoms with E-state index in [1.54, 1.807) is 12.1 Å². The van der Waals surface area contributed by atoms with Gasteiger partial charge in [0, 0.05) is 19.0 Å². The van der Waals surface area contributed by atoms with Crippen molar-refractivity contribution >= 4 is 5.97 Å². The first kappa shape index (κ1) is 14.8. The minimum absolute atomic E-state index is 0.238. The minimum atomic E-state index is -0.238. The molecule has 0 unspecified atom stereocenters. The number of rotatable bonds is 5. The highest BCUT2D eigenvalue weighted by atomic mass is 16.5. The van der Waals surface area contributed by atoms with Crippen molar-refractivity contribution in [1.82, 2.24) is 4.90 Å². The van der Waals surface area contributed by atoms with Crippen molar-refractivity contribution in [2.24, 2.45) is 5.92 Å². The predicted molar refractivity (Wildman–Crippen MR) is 80.7 cm³/mol. The quantitative estimate of drug-likeness (QED) is 0.610. The minimum Gasteiger partial charge on any atom is -0.462 e. The maximum atomic E-state index is 11.8. The molecule has 3 heteroatoms. The molecule has 0 amide bonds. The molecule has 0 bridgehead atoms. The van der Waals surface area contributed by atoms with Crippen molar-refractivity contribution in [3.8, 4) is 0 Å². The number of hydrogen-bond donors (Lipinski definition) is 0. The molecule has 0 aliphatic carbocycles. The van der Waals surface area contributed by atoms with Crippen molar-refractivity contribution in [2.45, 2.75) is 26.3 Å². The second kappa shape index (κ2) is 6.71. The van der Waals surface area contributed by atoms with Gasteiger partial charge < -0.3 is 4.74 Å². The molecule has 1 aliphatic rings. The van der Waals surface area contributed by atoms with Crippen LogP contribution in [-0.2, 0) is 4.74 Å². The lowest BCUT2D eigenvalue weighted by molar-refractivity contribution is 0.0508. The zero-order valence-corrected chi connectivity index (χ0v) is 12.5. The summed E-state index contributed by atoms with van der Waals surface area (Å²) in [5, 5.41) is 0. The number of ether oxygens (including phenoxy) is 1. The Kier molecular flexibility index (Phi) is 4.96. The van der Waals surface area contributed by atoms with Crippen molar-refractivity contribution < 1.29 is 9.53 Å². The SMILES string of the molecule is CC(C)[C@H]1C=C(CCOC(=O)c2ccccc2)CN1C. The van der Waals surface area contributed by atoms with Crippen LogP contribution >= 0.6 is 0 Å². The summed E-state index contributed by atoms with van der Waals surface area (Å²) in [5.74, 6) is 0.377. The Morgan fingerprint density at radius 2 is 2.05 bits per heavy atom. The number of benzene rings is 1. The Bertz CT molecular complexity index is 479. The van der Waals surface area contributed by atoms with Gasteiger partial charge in [0.15, 0.2) is 0 Å². The highest BCUT2D eigenvalue weighted by molar-refractivity contribution is 5.89. The van der Waals surface area contributed by atoms with Crippen LogP contribution in [0, 0.1) is 5.92 Å². The molecule has 1 aromatic carbocycles. The van der Waals surface area contributed by atoms with Crippen LogP contribution in [0.5, 0.6) is 0 Å². The van der Waals surface area contributed by atoms with Crippen LogP contribution in [0.15, 0.2) is 42.0 Å². The lowest BCUT2D eigenvalue weighted by Crippen LogP contribution is -2.30. The van der Waals surface area contributed by atoms with Crippen LogP contribution < -0.4 is 0 Å². The molecule has 1 aliphatic heterocycles. The molecule has 0 spiro atoms. The van der Waals surface area contributed by atoms with E-state index in [1.807, 2.05) is 18.2 Å². The Labute approximate surface area is 121 Å². The fraction of sp³-hybridized carbons (Fsp3) is 0.471. The smallest absolute Gasteiger partial charge is 0.338 e. The van der Waals surface area contributed by atoms with Gasteiger partial charge in [0.2, 0.25) is 0 Å². The second-order valence-electron chi connectivity index (χ2n) is 5.73. The summed E-state index contributed by atoms with van der Waals surface area (Å²) in [7, 11) is 2.14. The molecule has 108 valence electrons. The third kappa shape index (κ3) is 3.70. The topological polar surface area (TPSA) is 29.5 Å². The van der Waals surface area contributed by atoms with E-state index < -0.39 is 0 Å². The molecule has 20 heavy (non-hydrogen) atoms. The van der Waals surface area contributed by atoms with Crippen LogP contribution in [0.2, 0.25) is 0 Å². The lowest BCUT2D eigenvalue weighted by Gasteiger charge is -2.22. The summed E-state index contributed by atoms with van der Waals surface area (Å²) in [4.78, 5) is 14.1. The van der Waals surface area contributed by atoms with Crippen molar-refractivity contribution in [1.29, 1.82) is 0 Å². The monoisotopic (exact) mass is 273 g/mol. The molecular formula is C17H23NO2. The fourth-order valence-electron chi connectivity index (χ4n) is 2.64. The molecule has 1 aromatic rings. The molecular weight excluding hydrogens is 250 g/mol. The molecule has 0 aromatic heterocycles. The van der Waals surface area contributed by atoms with Crippen LogP contribution in [0.4, 0.5) is 0 Å². The van der Waals surface area contributed by atoms with Crippen LogP contribution in [-0.4, -0.2) is 37.1 Å². The number of hydrogen-bond acceptors (Lipinski definition) is 3. The number of likely N-dealkylation sites (N-methyl/N-ethyl adjacent to an activating group) is 1. The van der Waals surface area contributed by atoms with Gasteiger partial charge in [-0.2, -0.15) is 0 Å². The molecule has 3 nitrogen and oxygen atoms in total. The summed E-state index contributed by atoms with van der Waals surface area (Å²) in [5.41, 5.74) is 1.98. The van der Waals surface area contributed by atoms with E-state index in [0.29, 0.717) is 24.1 Å². The van der Waals surface area contributed by atoms with Gasteiger partial charge in [-0.05, 0) is 25.1 Å². The van der Waals surface area contributed by atoms with Gasteiger partial charge in [-0.15, -0.1) is 0 Å². The Morgan fingerprint density at radius 1 is 1.35 bits per heavy atom. The highest BCUT2D eigenvalue weighted by Gasteiger charge is 2.23. The summed E-state index contributed by atoms with van der Waals surface area (Å²) < 4.78 is 5.32. The van der Waals surface area contributed by atoms with E-state index in [2.05, 4.69) is 31.9 Å². The molecule has 0 fully saturated rings. The molecule has 0 N–H and O–H groups in total. The van der Waals surface area contributed by atoms with Gasteiger partial charge in [-0.1, -0.05) is 43.7 Å². The van der Waals surface area contributed by atoms with E-state index in [-0.39, 0.29) is 5.97 Å². The summed E-state index contributed by atoms with van der Waals surface area (Å²) in [6.07, 6.45) is 3.15. The van der Waals surface area contributed by atoms with Crippen molar-refractivity contribution in [2.75, 3.05) is 20.2 Å². The fourth-order valence-corrected chi connectivity index (χ4v) is 2.64. The Balaban J connectivity index is 1.80. The molecule has 0 saturated carbocycles. The van der Waals surface area contributed by atoms with Gasteiger partial charge in [-0.3, -0.25) is 4.90 Å². The van der Waals surface area contributed by atoms with E-state index >= 15 is 0 Å². The maximum Gasteiger partial charge on any atom is 0.338 e. The Morgan fingerprint density at radius 3 is 2.65 bits per heavy atom. The van der Waals surface area contributed by atoms with Gasteiger partial charge in [0.1, 0.15) is 0 Å². The van der Waals surface area contributed by atoms with Crippen LogP contribution in [0.25, 0.3) is 0 Å². The first-order valence-electron chi connectivity index (χ1n) is 7.20. The average molecular weight is 273 g/mol. The van der Waals surface area contributed by atoms with Crippen molar-refractivity contribution in [3.05, 3.63) is 47.5 Å². The zero-order chi connectivity index (χ0) is 14.5. The first-order valence-corrected chi connectivity index (χ1v) is 7.20. The standard InChI is InChI=1S/C17H23NO2/c1-13(2)16-11-14(12-18(16)3)9-10-20-17(19)15-7-5-4-6-8-15/h4-8,11,13,16H,9-10,12H2,1-3H3/t16-/m1/s1. The lowest BCUT2D eigenvalue weighted by atomic mass is 10.0. The van der Waals surface area contributed by atoms with Gasteiger partial charge >= 0.3 is 5.97 Å². The van der Waals surface area contributed by atoms with E-state index in [4.69, 9.17) is 4.74 Å². The normalized spacial score (nSPS) is 19.2. The third-order valence-electron chi connectivity index (χ3n) is 3.72. The van der Waals surface area contributed by atoms with Crippen LogP contribution in [0.1, 0.15) is 30.6 Å². The number of carbonyl (C=O) groups excluding carboxylic acids is 1. The molecule has 1 heterocycles. The predicted octanol–water partition coefficient (Wildman–Crippen LogP) is 3.13. The second-order valence-corrected chi connectivity index (χ2v) is 5.73. The summed E-state index contributed by atoms with van der Waals surface area (Å²) >= 11 is 0. The van der Waals surface area contributed by atoms with Gasteiger partial charge in [-0.25, -0.2) is 4.79 Å². The van der Waals surface area contributed by atoms with E-state index in [1.165, 1.54) is 5.57 Å². The molecule has 2 rings (SSSR count). The third-order valence-corrected chi connectivity index (χ3v) is 3.72. The molecule has 1 atom stereocenters. The maximum absolute atomic E-state index is 11.8. The van der Waals surface area contributed by atoms with E-state index in [9.17, 15) is 4.79 Å². The molecule has 0 radical (unpaired) electrons. The highest BCUT2D eigenvalue weighted by Crippen LogP contribution is 2.22. The van der Waals surface area contributed by atoms with Gasteiger partial charge in [0.25, 0.3) is 0 Å². The number of nitrogens with zero attached hydrogens (tertiary/aromatic N) is 1. The Hall–Kier alpha value is -1.61. The van der Waals surface area contributed by atoms with E-state index in [0.717, 1.165) is 13.0 Å². The summed E-state index contributed by atoms with van der Waals surface area (Å²) in [6, 6.07) is 9.65. The van der Waals surface area contributed by atoms with Gasteiger partial charge in [0.05, 0.1) is 12.2 Å². The largest absolute Gasteiger partial charge is 0.462 e. The number of esters is 1. The van der Waals surface area contributed by atoms with Crippen LogP contribution in [0.3, 0.4) is 0 Å². The zero-order valence-electron chi connectivity index (χ0n) is 12.5. The number of carbonyl (C=O) groups is 1. The first-order chi connectivity index (χ1) is 9.58. The average Bonchev–Trinajstić information content (AvgIpc) is 2.81.